The minimum Gasteiger partial charge on any atom is -0.383 e. The van der Waals surface area contributed by atoms with Crippen LogP contribution >= 0.6 is 0 Å². The van der Waals surface area contributed by atoms with Gasteiger partial charge in [0.2, 0.25) is 0 Å². The normalized spacial score (nSPS) is 12.5. The molecule has 3 heterocycles. The van der Waals surface area contributed by atoms with Crippen molar-refractivity contribution in [3.05, 3.63) is 66.2 Å². The van der Waals surface area contributed by atoms with Gasteiger partial charge in [-0.05, 0) is 42.6 Å². The summed E-state index contributed by atoms with van der Waals surface area (Å²) in [6.45, 7) is 3.27. The molecule has 0 unspecified atom stereocenters. The fourth-order valence-electron chi connectivity index (χ4n) is 3.21. The first-order valence-corrected chi connectivity index (χ1v) is 8.86. The van der Waals surface area contributed by atoms with Crippen molar-refractivity contribution in [3.63, 3.8) is 0 Å². The molecule has 0 bridgehead atoms. The van der Waals surface area contributed by atoms with Crippen LogP contribution in [-0.4, -0.2) is 38.8 Å². The van der Waals surface area contributed by atoms with E-state index in [0.717, 1.165) is 23.1 Å². The van der Waals surface area contributed by atoms with Gasteiger partial charge >= 0.3 is 0 Å². The van der Waals surface area contributed by atoms with Gasteiger partial charge in [0, 0.05) is 37.1 Å². The molecule has 7 heteroatoms. The molecule has 4 rings (SSSR count). The number of methoxy groups -OCH3 is 1. The van der Waals surface area contributed by atoms with Gasteiger partial charge in [-0.15, -0.1) is 10.2 Å². The number of amides is 1. The molecule has 0 aliphatic heterocycles. The Bertz CT molecular complexity index is 1100. The molecule has 1 amide bonds. The maximum atomic E-state index is 12.8. The lowest BCUT2D eigenvalue weighted by atomic mass is 10.1. The van der Waals surface area contributed by atoms with Crippen LogP contribution in [0.5, 0.6) is 0 Å². The lowest BCUT2D eigenvalue weighted by Crippen LogP contribution is -2.28. The van der Waals surface area contributed by atoms with Crippen LogP contribution in [0.1, 0.15) is 29.1 Å². The summed E-state index contributed by atoms with van der Waals surface area (Å²) < 4.78 is 9.12. The molecule has 0 spiro atoms. The summed E-state index contributed by atoms with van der Waals surface area (Å²) in [5.41, 5.74) is 2.38. The smallest absolute Gasteiger partial charge is 0.251 e. The Kier molecular flexibility index (Phi) is 4.60. The molecule has 4 aromatic rings. The zero-order valence-corrected chi connectivity index (χ0v) is 15.3. The van der Waals surface area contributed by atoms with Crippen LogP contribution in [0.2, 0.25) is 0 Å². The van der Waals surface area contributed by atoms with Crippen molar-refractivity contribution in [1.29, 1.82) is 0 Å². The van der Waals surface area contributed by atoms with Crippen molar-refractivity contribution in [2.75, 3.05) is 13.7 Å². The first kappa shape index (κ1) is 17.2. The highest BCUT2D eigenvalue weighted by Gasteiger charge is 2.17. The minimum atomic E-state index is -0.272. The third-order valence-corrected chi connectivity index (χ3v) is 4.65. The van der Waals surface area contributed by atoms with Crippen molar-refractivity contribution in [1.82, 2.24) is 24.5 Å². The summed E-state index contributed by atoms with van der Waals surface area (Å²) >= 11 is 0. The number of carbonyl (C=O) groups is 1. The molecule has 0 saturated heterocycles. The number of aromatic nitrogens is 4. The number of rotatable bonds is 6. The summed E-state index contributed by atoms with van der Waals surface area (Å²) in [5.74, 6) is 0.556. The van der Waals surface area contributed by atoms with Gasteiger partial charge in [-0.3, -0.25) is 9.20 Å². The minimum absolute atomic E-state index is 0.142. The maximum Gasteiger partial charge on any atom is 0.251 e. The van der Waals surface area contributed by atoms with E-state index in [-0.39, 0.29) is 11.9 Å². The van der Waals surface area contributed by atoms with Gasteiger partial charge in [0.15, 0.2) is 11.5 Å². The van der Waals surface area contributed by atoms with Crippen molar-refractivity contribution < 1.29 is 9.53 Å². The number of benzene rings is 1. The van der Waals surface area contributed by atoms with E-state index in [1.54, 1.807) is 7.11 Å². The standard InChI is InChI=1S/C20H21N5O2/c1-14(19-23-22-18-5-3-4-9-25(18)19)21-20(26)16-7-6-15-8-10-24(11-12-27-2)17(15)13-16/h3-10,13-14H,11-12H2,1-2H3,(H,21,26)/t14-/m1/s1. The van der Waals surface area contributed by atoms with Gasteiger partial charge < -0.3 is 14.6 Å². The van der Waals surface area contributed by atoms with Crippen LogP contribution in [0, 0.1) is 0 Å². The first-order valence-electron chi connectivity index (χ1n) is 8.86. The number of hydrogen-bond donors (Lipinski definition) is 1. The largest absolute Gasteiger partial charge is 0.383 e. The average Bonchev–Trinajstić information content (AvgIpc) is 3.30. The molecule has 0 fully saturated rings. The molecule has 0 radical (unpaired) electrons. The van der Waals surface area contributed by atoms with Crippen LogP contribution in [0.4, 0.5) is 0 Å². The molecule has 1 aromatic carbocycles. The summed E-state index contributed by atoms with van der Waals surface area (Å²) in [7, 11) is 1.68. The SMILES string of the molecule is COCCn1ccc2ccc(C(=O)N[C@H](C)c3nnc4ccccn34)cc21. The zero-order chi connectivity index (χ0) is 18.8. The number of fused-ring (bicyclic) bond motifs is 2. The van der Waals surface area contributed by atoms with E-state index in [4.69, 9.17) is 4.74 Å². The highest BCUT2D eigenvalue weighted by molar-refractivity contribution is 5.98. The van der Waals surface area contributed by atoms with E-state index < -0.39 is 0 Å². The third-order valence-electron chi connectivity index (χ3n) is 4.65. The highest BCUT2D eigenvalue weighted by atomic mass is 16.5. The quantitative estimate of drug-likeness (QED) is 0.572. The fourth-order valence-corrected chi connectivity index (χ4v) is 3.21. The molecular weight excluding hydrogens is 342 g/mol. The first-order chi connectivity index (χ1) is 13.2. The number of carbonyl (C=O) groups excluding carboxylic acids is 1. The van der Waals surface area contributed by atoms with Gasteiger partial charge in [-0.2, -0.15) is 0 Å². The fraction of sp³-hybridized carbons (Fsp3) is 0.250. The summed E-state index contributed by atoms with van der Waals surface area (Å²) in [4.78, 5) is 12.8. The molecule has 0 aliphatic carbocycles. The van der Waals surface area contributed by atoms with E-state index in [1.807, 2.05) is 66.2 Å². The van der Waals surface area contributed by atoms with Crippen LogP contribution in [-0.2, 0) is 11.3 Å². The second kappa shape index (κ2) is 7.20. The Morgan fingerprint density at radius 2 is 2.07 bits per heavy atom. The van der Waals surface area contributed by atoms with Gasteiger partial charge in [-0.25, -0.2) is 0 Å². The second-order valence-electron chi connectivity index (χ2n) is 6.46. The van der Waals surface area contributed by atoms with Crippen molar-refractivity contribution >= 4 is 22.5 Å². The Balaban J connectivity index is 1.57. The zero-order valence-electron chi connectivity index (χ0n) is 15.3. The van der Waals surface area contributed by atoms with Crippen LogP contribution < -0.4 is 5.32 Å². The Morgan fingerprint density at radius 3 is 2.93 bits per heavy atom. The van der Waals surface area contributed by atoms with E-state index in [0.29, 0.717) is 18.0 Å². The predicted molar refractivity (Wildman–Crippen MR) is 103 cm³/mol. The third kappa shape index (κ3) is 3.29. The molecule has 0 saturated carbocycles. The summed E-state index contributed by atoms with van der Waals surface area (Å²) in [6.07, 6.45) is 3.90. The van der Waals surface area contributed by atoms with Crippen LogP contribution in [0.25, 0.3) is 16.6 Å². The number of nitrogens with one attached hydrogen (secondary N) is 1. The Labute approximate surface area is 156 Å². The molecule has 7 nitrogen and oxygen atoms in total. The van der Waals surface area contributed by atoms with Crippen LogP contribution in [0.15, 0.2) is 54.9 Å². The molecule has 0 aliphatic rings. The highest BCUT2D eigenvalue weighted by Crippen LogP contribution is 2.19. The van der Waals surface area contributed by atoms with E-state index >= 15 is 0 Å². The number of pyridine rings is 1. The number of ether oxygens (including phenoxy) is 1. The van der Waals surface area contributed by atoms with E-state index in [1.165, 1.54) is 0 Å². The van der Waals surface area contributed by atoms with E-state index in [2.05, 4.69) is 20.1 Å². The van der Waals surface area contributed by atoms with Gasteiger partial charge in [0.25, 0.3) is 5.91 Å². The van der Waals surface area contributed by atoms with Crippen molar-refractivity contribution in [3.8, 4) is 0 Å². The average molecular weight is 363 g/mol. The van der Waals surface area contributed by atoms with Crippen molar-refractivity contribution in [2.45, 2.75) is 19.5 Å². The lowest BCUT2D eigenvalue weighted by Gasteiger charge is -2.13. The predicted octanol–water partition coefficient (Wildman–Crippen LogP) is 2.82. The molecule has 138 valence electrons. The number of hydrogen-bond acceptors (Lipinski definition) is 4. The molecule has 3 aromatic heterocycles. The van der Waals surface area contributed by atoms with Gasteiger partial charge in [0.05, 0.1) is 12.6 Å². The second-order valence-corrected chi connectivity index (χ2v) is 6.46. The lowest BCUT2D eigenvalue weighted by molar-refractivity contribution is 0.0938. The summed E-state index contributed by atoms with van der Waals surface area (Å²) in [6, 6.07) is 13.2. The maximum absolute atomic E-state index is 12.8. The monoisotopic (exact) mass is 363 g/mol. The molecule has 1 atom stereocenters. The Hall–Kier alpha value is -3.19. The summed E-state index contributed by atoms with van der Waals surface area (Å²) in [5, 5.41) is 12.5. The van der Waals surface area contributed by atoms with Gasteiger partial charge in [-0.1, -0.05) is 12.1 Å². The van der Waals surface area contributed by atoms with Crippen LogP contribution in [0.3, 0.4) is 0 Å². The molecular formula is C20H21N5O2. The van der Waals surface area contributed by atoms with E-state index in [9.17, 15) is 4.79 Å². The van der Waals surface area contributed by atoms with Gasteiger partial charge in [0.1, 0.15) is 0 Å². The Morgan fingerprint density at radius 1 is 1.19 bits per heavy atom. The molecule has 27 heavy (non-hydrogen) atoms. The topological polar surface area (TPSA) is 73.4 Å². The number of nitrogens with zero attached hydrogens (tertiary/aromatic N) is 4. The van der Waals surface area contributed by atoms with Crippen molar-refractivity contribution in [2.24, 2.45) is 0 Å². The molecule has 1 N–H and O–H groups in total.